The molecular weight excluding hydrogens is 392 g/mol. The van der Waals surface area contributed by atoms with Gasteiger partial charge in [0.15, 0.2) is 0 Å². The SMILES string of the molecule is CC(C)CC(=O)N1CCN(C(=O)CCCCCNC(=O)CC2CCCN2)CC1.Cl. The molecule has 0 spiro atoms. The van der Waals surface area contributed by atoms with Gasteiger partial charge in [0.1, 0.15) is 0 Å². The van der Waals surface area contributed by atoms with Crippen LogP contribution in [-0.2, 0) is 14.4 Å². The Morgan fingerprint density at radius 2 is 1.66 bits per heavy atom. The lowest BCUT2D eigenvalue weighted by Crippen LogP contribution is -2.50. The molecule has 1 atom stereocenters. The van der Waals surface area contributed by atoms with E-state index in [4.69, 9.17) is 0 Å². The summed E-state index contributed by atoms with van der Waals surface area (Å²) in [6.45, 7) is 8.41. The fraction of sp³-hybridized carbons (Fsp3) is 0.857. The summed E-state index contributed by atoms with van der Waals surface area (Å²) in [4.78, 5) is 40.0. The molecule has 0 radical (unpaired) electrons. The van der Waals surface area contributed by atoms with Crippen molar-refractivity contribution in [3.63, 3.8) is 0 Å². The standard InChI is InChI=1S/C21H38N4O3.ClH/c1-17(2)15-21(28)25-13-11-24(12-14-25)20(27)8-4-3-5-9-23-19(26)16-18-7-6-10-22-18;/h17-18,22H,3-16H2,1-2H3,(H,23,26);1H. The fourth-order valence-electron chi connectivity index (χ4n) is 3.87. The lowest BCUT2D eigenvalue weighted by atomic mass is 10.1. The first-order valence-electron chi connectivity index (χ1n) is 11.0. The van der Waals surface area contributed by atoms with E-state index in [1.807, 2.05) is 9.80 Å². The molecule has 2 aliphatic heterocycles. The number of hydrogen-bond donors (Lipinski definition) is 2. The van der Waals surface area contributed by atoms with Crippen LogP contribution < -0.4 is 10.6 Å². The molecule has 0 aromatic carbocycles. The summed E-state index contributed by atoms with van der Waals surface area (Å²) < 4.78 is 0. The Morgan fingerprint density at radius 3 is 2.24 bits per heavy atom. The zero-order valence-electron chi connectivity index (χ0n) is 18.1. The number of nitrogens with one attached hydrogen (secondary N) is 2. The molecule has 2 fully saturated rings. The number of rotatable bonds is 10. The summed E-state index contributed by atoms with van der Waals surface area (Å²) in [5.74, 6) is 0.886. The van der Waals surface area contributed by atoms with Crippen molar-refractivity contribution in [1.82, 2.24) is 20.4 Å². The van der Waals surface area contributed by atoms with Gasteiger partial charge in [-0.3, -0.25) is 14.4 Å². The Morgan fingerprint density at radius 1 is 1.00 bits per heavy atom. The molecule has 2 rings (SSSR count). The monoisotopic (exact) mass is 430 g/mol. The summed E-state index contributed by atoms with van der Waals surface area (Å²) in [5.41, 5.74) is 0. The zero-order chi connectivity index (χ0) is 20.4. The van der Waals surface area contributed by atoms with Gasteiger partial charge in [0.2, 0.25) is 17.7 Å². The van der Waals surface area contributed by atoms with Crippen LogP contribution >= 0.6 is 12.4 Å². The number of unbranched alkanes of at least 4 members (excludes halogenated alkanes) is 2. The van der Waals surface area contributed by atoms with Gasteiger partial charge in [-0.15, -0.1) is 12.4 Å². The lowest BCUT2D eigenvalue weighted by molar-refractivity contribution is -0.140. The molecule has 2 aliphatic rings. The van der Waals surface area contributed by atoms with Gasteiger partial charge in [-0.05, 0) is 38.1 Å². The maximum atomic E-state index is 12.3. The van der Waals surface area contributed by atoms with Gasteiger partial charge in [0.25, 0.3) is 0 Å². The van der Waals surface area contributed by atoms with Crippen molar-refractivity contribution in [2.75, 3.05) is 39.3 Å². The van der Waals surface area contributed by atoms with Crippen molar-refractivity contribution in [2.24, 2.45) is 5.92 Å². The van der Waals surface area contributed by atoms with Crippen molar-refractivity contribution >= 4 is 30.1 Å². The molecule has 2 N–H and O–H groups in total. The van der Waals surface area contributed by atoms with Gasteiger partial charge in [0, 0.05) is 58.0 Å². The number of carbonyl (C=O) groups excluding carboxylic acids is 3. The van der Waals surface area contributed by atoms with Gasteiger partial charge >= 0.3 is 0 Å². The molecule has 2 heterocycles. The third-order valence-corrected chi connectivity index (χ3v) is 5.55. The average molecular weight is 431 g/mol. The molecule has 8 heteroatoms. The van der Waals surface area contributed by atoms with E-state index in [9.17, 15) is 14.4 Å². The summed E-state index contributed by atoms with van der Waals surface area (Å²) in [7, 11) is 0. The fourth-order valence-corrected chi connectivity index (χ4v) is 3.87. The molecule has 0 aromatic heterocycles. The highest BCUT2D eigenvalue weighted by Gasteiger charge is 2.24. The van der Waals surface area contributed by atoms with Crippen LogP contribution in [-0.4, -0.2) is 72.8 Å². The van der Waals surface area contributed by atoms with Gasteiger partial charge < -0.3 is 20.4 Å². The summed E-state index contributed by atoms with van der Waals surface area (Å²) in [5, 5.41) is 6.31. The summed E-state index contributed by atoms with van der Waals surface area (Å²) >= 11 is 0. The second kappa shape index (κ2) is 13.8. The van der Waals surface area contributed by atoms with Crippen molar-refractivity contribution in [2.45, 2.75) is 71.3 Å². The minimum atomic E-state index is 0. The molecule has 29 heavy (non-hydrogen) atoms. The Bertz CT molecular complexity index is 516. The van der Waals surface area contributed by atoms with Crippen LogP contribution in [0.4, 0.5) is 0 Å². The van der Waals surface area contributed by atoms with E-state index in [0.29, 0.717) is 63.9 Å². The van der Waals surface area contributed by atoms with Crippen LogP contribution in [0.5, 0.6) is 0 Å². The first-order chi connectivity index (χ1) is 13.5. The van der Waals surface area contributed by atoms with E-state index in [1.54, 1.807) is 0 Å². The van der Waals surface area contributed by atoms with Crippen LogP contribution in [0.1, 0.15) is 65.2 Å². The van der Waals surface area contributed by atoms with E-state index in [0.717, 1.165) is 38.6 Å². The minimum absolute atomic E-state index is 0. The third kappa shape index (κ3) is 9.81. The normalized spacial score (nSPS) is 19.2. The Balaban J connectivity index is 0.00000420. The van der Waals surface area contributed by atoms with E-state index in [1.165, 1.54) is 0 Å². The van der Waals surface area contributed by atoms with Gasteiger partial charge in [-0.25, -0.2) is 0 Å². The topological polar surface area (TPSA) is 81.8 Å². The number of hydrogen-bond acceptors (Lipinski definition) is 4. The molecule has 0 bridgehead atoms. The van der Waals surface area contributed by atoms with Crippen molar-refractivity contribution in [3.8, 4) is 0 Å². The highest BCUT2D eigenvalue weighted by atomic mass is 35.5. The summed E-state index contributed by atoms with van der Waals surface area (Å²) in [6, 6.07) is 0.346. The molecule has 0 aliphatic carbocycles. The Hall–Kier alpha value is -1.34. The van der Waals surface area contributed by atoms with E-state index < -0.39 is 0 Å². The second-order valence-corrected chi connectivity index (χ2v) is 8.52. The number of nitrogens with zero attached hydrogens (tertiary/aromatic N) is 2. The number of carbonyl (C=O) groups is 3. The Kier molecular flexibility index (Phi) is 12.2. The smallest absolute Gasteiger partial charge is 0.222 e. The molecule has 0 aromatic rings. The lowest BCUT2D eigenvalue weighted by Gasteiger charge is -2.35. The van der Waals surface area contributed by atoms with Crippen LogP contribution in [0.2, 0.25) is 0 Å². The first kappa shape index (κ1) is 25.7. The zero-order valence-corrected chi connectivity index (χ0v) is 18.9. The van der Waals surface area contributed by atoms with Gasteiger partial charge in [0.05, 0.1) is 0 Å². The number of halogens is 1. The minimum Gasteiger partial charge on any atom is -0.356 e. The third-order valence-electron chi connectivity index (χ3n) is 5.55. The predicted molar refractivity (Wildman–Crippen MR) is 117 cm³/mol. The van der Waals surface area contributed by atoms with Crippen molar-refractivity contribution < 1.29 is 14.4 Å². The molecule has 168 valence electrons. The number of amides is 3. The van der Waals surface area contributed by atoms with Crippen molar-refractivity contribution in [3.05, 3.63) is 0 Å². The van der Waals surface area contributed by atoms with Crippen LogP contribution in [0.25, 0.3) is 0 Å². The number of piperazine rings is 1. The van der Waals surface area contributed by atoms with E-state index >= 15 is 0 Å². The van der Waals surface area contributed by atoms with E-state index in [-0.39, 0.29) is 30.1 Å². The van der Waals surface area contributed by atoms with Crippen LogP contribution in [0.3, 0.4) is 0 Å². The van der Waals surface area contributed by atoms with Crippen molar-refractivity contribution in [1.29, 1.82) is 0 Å². The maximum absolute atomic E-state index is 12.3. The molecule has 0 saturated carbocycles. The first-order valence-corrected chi connectivity index (χ1v) is 11.0. The molecule has 3 amide bonds. The molecule has 7 nitrogen and oxygen atoms in total. The highest BCUT2D eigenvalue weighted by Crippen LogP contribution is 2.11. The quantitative estimate of drug-likeness (QED) is 0.519. The van der Waals surface area contributed by atoms with Gasteiger partial charge in [-0.2, -0.15) is 0 Å². The molecular formula is C21H39ClN4O3. The molecule has 1 unspecified atom stereocenters. The predicted octanol–water partition coefficient (Wildman–Crippen LogP) is 1.94. The Labute approximate surface area is 181 Å². The highest BCUT2D eigenvalue weighted by molar-refractivity contribution is 5.85. The molecule has 2 saturated heterocycles. The second-order valence-electron chi connectivity index (χ2n) is 8.52. The summed E-state index contributed by atoms with van der Waals surface area (Å²) in [6.07, 6.45) is 6.68. The van der Waals surface area contributed by atoms with Gasteiger partial charge in [-0.1, -0.05) is 20.3 Å². The van der Waals surface area contributed by atoms with Crippen LogP contribution in [0, 0.1) is 5.92 Å². The maximum Gasteiger partial charge on any atom is 0.222 e. The average Bonchev–Trinajstić information content (AvgIpc) is 3.16. The van der Waals surface area contributed by atoms with Crippen LogP contribution in [0.15, 0.2) is 0 Å². The van der Waals surface area contributed by atoms with E-state index in [2.05, 4.69) is 24.5 Å². The largest absolute Gasteiger partial charge is 0.356 e.